The van der Waals surface area contributed by atoms with Crippen LogP contribution in [0.4, 0.5) is 10.1 Å². The lowest BCUT2D eigenvalue weighted by Crippen LogP contribution is -2.48. The van der Waals surface area contributed by atoms with Gasteiger partial charge in [0, 0.05) is 42.8 Å². The first-order chi connectivity index (χ1) is 12.0. The van der Waals surface area contributed by atoms with Crippen LogP contribution in [0.25, 0.3) is 0 Å². The number of amides is 1. The predicted octanol–water partition coefficient (Wildman–Crippen LogP) is 4.18. The monoisotopic (exact) mass is 404 g/mol. The third-order valence-corrected chi connectivity index (χ3v) is 5.12. The normalized spacial score (nSPS) is 14.7. The number of halogens is 2. The molecule has 2 aromatic carbocycles. The number of hydrogen-bond acceptors (Lipinski definition) is 2. The largest absolute Gasteiger partial charge is 0.368 e. The highest BCUT2D eigenvalue weighted by molar-refractivity contribution is 9.10. The van der Waals surface area contributed by atoms with E-state index in [2.05, 4.69) is 52.0 Å². The Balaban J connectivity index is 1.51. The van der Waals surface area contributed by atoms with Crippen LogP contribution in [0.3, 0.4) is 0 Å². The Kier molecular flexibility index (Phi) is 5.74. The van der Waals surface area contributed by atoms with Crippen LogP contribution in [0.5, 0.6) is 0 Å². The molecule has 1 aliphatic rings. The maximum atomic E-state index is 13.9. The summed E-state index contributed by atoms with van der Waals surface area (Å²) in [6.45, 7) is 5.19. The van der Waals surface area contributed by atoms with E-state index in [1.54, 1.807) is 6.07 Å². The molecule has 3 rings (SSSR count). The zero-order chi connectivity index (χ0) is 17.8. The van der Waals surface area contributed by atoms with Crippen molar-refractivity contribution in [2.75, 3.05) is 31.1 Å². The quantitative estimate of drug-likeness (QED) is 0.762. The summed E-state index contributed by atoms with van der Waals surface area (Å²) in [5.74, 6) is -0.155. The summed E-state index contributed by atoms with van der Waals surface area (Å²) >= 11 is 3.25. The molecule has 1 heterocycles. The lowest BCUT2D eigenvalue weighted by Gasteiger charge is -2.36. The van der Waals surface area contributed by atoms with Crippen LogP contribution >= 0.6 is 15.9 Å². The Morgan fingerprint density at radius 3 is 2.56 bits per heavy atom. The lowest BCUT2D eigenvalue weighted by atomic mass is 10.1. The summed E-state index contributed by atoms with van der Waals surface area (Å²) < 4.78 is 14.6. The number of anilines is 1. The first-order valence-corrected chi connectivity index (χ1v) is 9.35. The van der Waals surface area contributed by atoms with Crippen molar-refractivity contribution in [1.29, 1.82) is 0 Å². The molecule has 0 spiro atoms. The van der Waals surface area contributed by atoms with Gasteiger partial charge in [-0.25, -0.2) is 4.39 Å². The first-order valence-electron chi connectivity index (χ1n) is 8.56. The SMILES string of the molecule is Cc1cccc(N2CCN(C(=O)CCc3ccc(Br)cc3F)CC2)c1. The van der Waals surface area contributed by atoms with Crippen molar-refractivity contribution in [3.63, 3.8) is 0 Å². The fraction of sp³-hybridized carbons (Fsp3) is 0.350. The molecule has 0 N–H and O–H groups in total. The van der Waals surface area contributed by atoms with Crippen molar-refractivity contribution < 1.29 is 9.18 Å². The van der Waals surface area contributed by atoms with E-state index in [-0.39, 0.29) is 11.7 Å². The number of nitrogens with zero attached hydrogens (tertiary/aromatic N) is 2. The molecule has 25 heavy (non-hydrogen) atoms. The van der Waals surface area contributed by atoms with Gasteiger partial charge in [-0.3, -0.25) is 4.79 Å². The summed E-state index contributed by atoms with van der Waals surface area (Å²) in [5.41, 5.74) is 3.05. The minimum absolute atomic E-state index is 0.103. The zero-order valence-corrected chi connectivity index (χ0v) is 15.9. The van der Waals surface area contributed by atoms with Crippen LogP contribution in [0.2, 0.25) is 0 Å². The van der Waals surface area contributed by atoms with Crippen molar-refractivity contribution in [1.82, 2.24) is 4.90 Å². The van der Waals surface area contributed by atoms with Gasteiger partial charge >= 0.3 is 0 Å². The van der Waals surface area contributed by atoms with Gasteiger partial charge in [0.2, 0.25) is 5.91 Å². The van der Waals surface area contributed by atoms with Gasteiger partial charge in [0.15, 0.2) is 0 Å². The number of hydrogen-bond donors (Lipinski definition) is 0. The number of aryl methyl sites for hydroxylation is 2. The average Bonchev–Trinajstić information content (AvgIpc) is 2.61. The molecule has 0 unspecified atom stereocenters. The van der Waals surface area contributed by atoms with E-state index >= 15 is 0 Å². The maximum absolute atomic E-state index is 13.9. The second kappa shape index (κ2) is 8.00. The molecule has 0 atom stereocenters. The van der Waals surface area contributed by atoms with Gasteiger partial charge in [-0.2, -0.15) is 0 Å². The molecule has 0 saturated carbocycles. The molecule has 2 aromatic rings. The van der Waals surface area contributed by atoms with Gasteiger partial charge in [0.1, 0.15) is 5.82 Å². The molecule has 0 radical (unpaired) electrons. The molecule has 132 valence electrons. The van der Waals surface area contributed by atoms with Crippen molar-refractivity contribution >= 4 is 27.5 Å². The molecule has 1 fully saturated rings. The Morgan fingerprint density at radius 2 is 1.88 bits per heavy atom. The molecule has 3 nitrogen and oxygen atoms in total. The molecule has 0 aromatic heterocycles. The summed E-state index contributed by atoms with van der Waals surface area (Å²) in [6.07, 6.45) is 0.791. The zero-order valence-electron chi connectivity index (χ0n) is 14.3. The average molecular weight is 405 g/mol. The Hall–Kier alpha value is -1.88. The van der Waals surface area contributed by atoms with Gasteiger partial charge in [-0.05, 0) is 48.7 Å². The third kappa shape index (κ3) is 4.60. The molecule has 1 aliphatic heterocycles. The van der Waals surface area contributed by atoms with E-state index in [0.717, 1.165) is 26.2 Å². The van der Waals surface area contributed by atoms with Crippen LogP contribution in [0.15, 0.2) is 46.9 Å². The highest BCUT2D eigenvalue weighted by atomic mass is 79.9. The summed E-state index contributed by atoms with van der Waals surface area (Å²) in [6, 6.07) is 13.4. The van der Waals surface area contributed by atoms with Crippen molar-refractivity contribution in [2.24, 2.45) is 0 Å². The molecule has 5 heteroatoms. The summed E-state index contributed by atoms with van der Waals surface area (Å²) in [7, 11) is 0. The van der Waals surface area contributed by atoms with Gasteiger partial charge in [-0.1, -0.05) is 34.1 Å². The van der Waals surface area contributed by atoms with Gasteiger partial charge in [0.25, 0.3) is 0 Å². The van der Waals surface area contributed by atoms with Crippen LogP contribution < -0.4 is 4.90 Å². The van der Waals surface area contributed by atoms with Crippen molar-refractivity contribution in [3.8, 4) is 0 Å². The van der Waals surface area contributed by atoms with Gasteiger partial charge < -0.3 is 9.80 Å². The van der Waals surface area contributed by atoms with Crippen LogP contribution in [0.1, 0.15) is 17.5 Å². The molecule has 0 aliphatic carbocycles. The molecular formula is C20H22BrFN2O. The van der Waals surface area contributed by atoms with E-state index in [1.165, 1.54) is 17.3 Å². The maximum Gasteiger partial charge on any atom is 0.223 e. The number of benzene rings is 2. The van der Waals surface area contributed by atoms with E-state index < -0.39 is 0 Å². The smallest absolute Gasteiger partial charge is 0.223 e. The Bertz CT molecular complexity index is 757. The highest BCUT2D eigenvalue weighted by Crippen LogP contribution is 2.19. The highest BCUT2D eigenvalue weighted by Gasteiger charge is 2.21. The second-order valence-corrected chi connectivity index (χ2v) is 7.36. The van der Waals surface area contributed by atoms with E-state index in [0.29, 0.717) is 22.9 Å². The number of carbonyl (C=O) groups is 1. The summed E-state index contributed by atoms with van der Waals surface area (Å²) in [5, 5.41) is 0. The van der Waals surface area contributed by atoms with E-state index in [9.17, 15) is 9.18 Å². The topological polar surface area (TPSA) is 23.6 Å². The fourth-order valence-electron chi connectivity index (χ4n) is 3.16. The first kappa shape index (κ1) is 17.9. The minimum Gasteiger partial charge on any atom is -0.368 e. The molecule has 1 saturated heterocycles. The van der Waals surface area contributed by atoms with Crippen LogP contribution in [-0.2, 0) is 11.2 Å². The second-order valence-electron chi connectivity index (χ2n) is 6.44. The van der Waals surface area contributed by atoms with E-state index in [1.807, 2.05) is 11.0 Å². The fourth-order valence-corrected chi connectivity index (χ4v) is 3.50. The van der Waals surface area contributed by atoms with Gasteiger partial charge in [0.05, 0.1) is 0 Å². The Morgan fingerprint density at radius 1 is 1.12 bits per heavy atom. The van der Waals surface area contributed by atoms with Crippen LogP contribution in [-0.4, -0.2) is 37.0 Å². The Labute approximate surface area is 156 Å². The number of carbonyl (C=O) groups excluding carboxylic acids is 1. The van der Waals surface area contributed by atoms with Crippen molar-refractivity contribution in [3.05, 3.63) is 63.9 Å². The molecule has 1 amide bonds. The number of rotatable bonds is 4. The predicted molar refractivity (Wildman–Crippen MR) is 102 cm³/mol. The molecule has 0 bridgehead atoms. The standard InChI is InChI=1S/C20H22BrFN2O/c1-15-3-2-4-18(13-15)23-9-11-24(12-10-23)20(25)8-6-16-5-7-17(21)14-19(16)22/h2-5,7,13-14H,6,8-12H2,1H3. The number of piperazine rings is 1. The lowest BCUT2D eigenvalue weighted by molar-refractivity contribution is -0.131. The molecular weight excluding hydrogens is 383 g/mol. The van der Waals surface area contributed by atoms with Crippen molar-refractivity contribution in [2.45, 2.75) is 19.8 Å². The van der Waals surface area contributed by atoms with E-state index in [4.69, 9.17) is 0 Å². The summed E-state index contributed by atoms with van der Waals surface area (Å²) in [4.78, 5) is 16.6. The van der Waals surface area contributed by atoms with Crippen LogP contribution in [0, 0.1) is 12.7 Å². The third-order valence-electron chi connectivity index (χ3n) is 4.62. The minimum atomic E-state index is -0.258. The van der Waals surface area contributed by atoms with Gasteiger partial charge in [-0.15, -0.1) is 0 Å².